The van der Waals surface area contributed by atoms with Crippen molar-refractivity contribution >= 4 is 27.8 Å². The summed E-state index contributed by atoms with van der Waals surface area (Å²) in [5, 5.41) is 2.63. The van der Waals surface area contributed by atoms with Crippen molar-refractivity contribution in [1.82, 2.24) is 0 Å². The predicted octanol–water partition coefficient (Wildman–Crippen LogP) is 14.3. The minimum Gasteiger partial charge on any atom is -0.310 e. The summed E-state index contributed by atoms with van der Waals surface area (Å²) < 4.78 is 0. The Balaban J connectivity index is 1.18. The van der Waals surface area contributed by atoms with Gasteiger partial charge in [-0.05, 0) is 108 Å². The number of benzene rings is 8. The molecule has 10 rings (SSSR count). The molecule has 0 N–H and O–H groups in total. The van der Waals surface area contributed by atoms with E-state index in [1.165, 1.54) is 83.2 Å². The Kier molecular flexibility index (Phi) is 6.94. The van der Waals surface area contributed by atoms with Crippen molar-refractivity contribution in [2.24, 2.45) is 0 Å². The molecule has 0 amide bonds. The quantitative estimate of drug-likeness (QED) is 0.175. The molecular formula is C52H41N. The average molecular weight is 680 g/mol. The number of hydrogen-bond acceptors (Lipinski definition) is 1. The van der Waals surface area contributed by atoms with E-state index < -0.39 is 0 Å². The van der Waals surface area contributed by atoms with Crippen LogP contribution in [-0.2, 0) is 10.8 Å². The maximum absolute atomic E-state index is 2.47. The van der Waals surface area contributed by atoms with E-state index in [0.717, 1.165) is 11.4 Å². The average Bonchev–Trinajstić information content (AvgIpc) is 3.59. The third kappa shape index (κ3) is 4.70. The summed E-state index contributed by atoms with van der Waals surface area (Å²) in [6, 6.07) is 65.1. The molecule has 254 valence electrons. The fourth-order valence-electron chi connectivity index (χ4n) is 9.48. The van der Waals surface area contributed by atoms with E-state index >= 15 is 0 Å². The van der Waals surface area contributed by atoms with Crippen LogP contribution < -0.4 is 4.90 Å². The Morgan fingerprint density at radius 1 is 0.377 bits per heavy atom. The molecule has 0 saturated heterocycles. The van der Waals surface area contributed by atoms with Crippen LogP contribution in [-0.4, -0.2) is 0 Å². The molecule has 0 saturated carbocycles. The van der Waals surface area contributed by atoms with Crippen molar-refractivity contribution in [3.63, 3.8) is 0 Å². The summed E-state index contributed by atoms with van der Waals surface area (Å²) in [4.78, 5) is 2.47. The van der Waals surface area contributed by atoms with Gasteiger partial charge in [-0.15, -0.1) is 0 Å². The van der Waals surface area contributed by atoms with Crippen molar-refractivity contribution in [3.8, 4) is 44.5 Å². The Labute approximate surface area is 312 Å². The van der Waals surface area contributed by atoms with Gasteiger partial charge in [0.25, 0.3) is 0 Å². The molecule has 0 radical (unpaired) electrons. The first-order valence-electron chi connectivity index (χ1n) is 18.8. The molecule has 0 atom stereocenters. The van der Waals surface area contributed by atoms with Crippen molar-refractivity contribution in [2.75, 3.05) is 4.90 Å². The van der Waals surface area contributed by atoms with E-state index in [1.54, 1.807) is 0 Å². The minimum absolute atomic E-state index is 0.0934. The number of anilines is 3. The van der Waals surface area contributed by atoms with Crippen molar-refractivity contribution in [2.45, 2.75) is 38.5 Å². The van der Waals surface area contributed by atoms with Crippen LogP contribution in [0.4, 0.5) is 17.1 Å². The molecule has 0 unspecified atom stereocenters. The molecule has 53 heavy (non-hydrogen) atoms. The second-order valence-electron chi connectivity index (χ2n) is 15.7. The lowest BCUT2D eigenvalue weighted by Crippen LogP contribution is -2.16. The van der Waals surface area contributed by atoms with Gasteiger partial charge in [-0.3, -0.25) is 0 Å². The highest BCUT2D eigenvalue weighted by atomic mass is 15.1. The molecule has 0 aliphatic heterocycles. The van der Waals surface area contributed by atoms with Gasteiger partial charge in [0.2, 0.25) is 0 Å². The number of nitrogens with zero attached hydrogens (tertiary/aromatic N) is 1. The Bertz CT molecular complexity index is 2710. The molecule has 1 heteroatoms. The smallest absolute Gasteiger partial charge is 0.0543 e. The van der Waals surface area contributed by atoms with E-state index in [2.05, 4.69) is 209 Å². The zero-order valence-electron chi connectivity index (χ0n) is 30.7. The second kappa shape index (κ2) is 11.7. The van der Waals surface area contributed by atoms with Crippen LogP contribution in [0.2, 0.25) is 0 Å². The summed E-state index contributed by atoms with van der Waals surface area (Å²) in [5.41, 5.74) is 19.1. The molecule has 0 heterocycles. The highest BCUT2D eigenvalue weighted by Crippen LogP contribution is 2.56. The van der Waals surface area contributed by atoms with Crippen LogP contribution in [0.15, 0.2) is 176 Å². The molecule has 8 aromatic carbocycles. The van der Waals surface area contributed by atoms with E-state index in [9.17, 15) is 0 Å². The highest BCUT2D eigenvalue weighted by Gasteiger charge is 2.39. The van der Waals surface area contributed by atoms with E-state index in [0.29, 0.717) is 0 Å². The summed E-state index contributed by atoms with van der Waals surface area (Å²) in [6.45, 7) is 9.49. The molecule has 0 fully saturated rings. The molecule has 2 aliphatic carbocycles. The van der Waals surface area contributed by atoms with E-state index in [-0.39, 0.29) is 10.8 Å². The maximum Gasteiger partial charge on any atom is 0.0543 e. The first kappa shape index (κ1) is 31.5. The zero-order valence-corrected chi connectivity index (χ0v) is 30.7. The lowest BCUT2D eigenvalue weighted by atomic mass is 9.79. The summed E-state index contributed by atoms with van der Waals surface area (Å²) >= 11 is 0. The van der Waals surface area contributed by atoms with Crippen LogP contribution in [0.3, 0.4) is 0 Å². The van der Waals surface area contributed by atoms with Crippen LogP contribution in [0.25, 0.3) is 55.3 Å². The second-order valence-corrected chi connectivity index (χ2v) is 15.7. The highest BCUT2D eigenvalue weighted by molar-refractivity contribution is 6.05. The maximum atomic E-state index is 2.47. The molecule has 0 spiro atoms. The molecule has 0 bridgehead atoms. The van der Waals surface area contributed by atoms with Gasteiger partial charge in [-0.1, -0.05) is 167 Å². The third-order valence-corrected chi connectivity index (χ3v) is 12.0. The lowest BCUT2D eigenvalue weighted by Gasteiger charge is -2.29. The van der Waals surface area contributed by atoms with Crippen LogP contribution >= 0.6 is 0 Å². The fraction of sp³-hybridized carbons (Fsp3) is 0.115. The zero-order chi connectivity index (χ0) is 35.9. The van der Waals surface area contributed by atoms with Crippen molar-refractivity contribution < 1.29 is 0 Å². The Morgan fingerprint density at radius 3 is 1.75 bits per heavy atom. The van der Waals surface area contributed by atoms with Gasteiger partial charge >= 0.3 is 0 Å². The van der Waals surface area contributed by atoms with Gasteiger partial charge in [-0.25, -0.2) is 0 Å². The first-order chi connectivity index (χ1) is 25.8. The number of rotatable bonds is 5. The van der Waals surface area contributed by atoms with Gasteiger partial charge in [0.1, 0.15) is 0 Å². The van der Waals surface area contributed by atoms with Gasteiger partial charge in [-0.2, -0.15) is 0 Å². The summed E-state index contributed by atoms with van der Waals surface area (Å²) in [6.07, 6.45) is 0. The van der Waals surface area contributed by atoms with Crippen molar-refractivity contribution in [1.29, 1.82) is 0 Å². The van der Waals surface area contributed by atoms with Crippen molar-refractivity contribution in [3.05, 3.63) is 198 Å². The van der Waals surface area contributed by atoms with Gasteiger partial charge < -0.3 is 4.90 Å². The van der Waals surface area contributed by atoms with Crippen LogP contribution in [0.5, 0.6) is 0 Å². The molecular weight excluding hydrogens is 639 g/mol. The number of fused-ring (bicyclic) bond motifs is 8. The van der Waals surface area contributed by atoms with E-state index in [1.807, 2.05) is 0 Å². The standard InChI is InChI=1S/C52H41N/c1-51(2)44-24-12-11-23-42(44)49-46(51)26-15-27-47(49)53(39-20-14-19-36(32-39)34-16-6-5-7-17-34)38-30-28-35(29-31-38)43-33-37-18-8-9-21-40(37)50-48(43)41-22-10-13-25-45(41)52(50,3)4/h5-33H,1-4H3. The number of hydrogen-bond donors (Lipinski definition) is 0. The molecule has 8 aromatic rings. The van der Waals surface area contributed by atoms with Gasteiger partial charge in [0, 0.05) is 27.8 Å². The topological polar surface area (TPSA) is 3.24 Å². The Morgan fingerprint density at radius 2 is 0.981 bits per heavy atom. The monoisotopic (exact) mass is 679 g/mol. The normalized spacial score (nSPS) is 14.3. The fourth-order valence-corrected chi connectivity index (χ4v) is 9.48. The summed E-state index contributed by atoms with van der Waals surface area (Å²) in [7, 11) is 0. The van der Waals surface area contributed by atoms with Gasteiger partial charge in [0.05, 0.1) is 5.69 Å². The lowest BCUT2D eigenvalue weighted by molar-refractivity contribution is 0.660. The van der Waals surface area contributed by atoms with Gasteiger partial charge in [0.15, 0.2) is 0 Å². The Hall–Kier alpha value is -6.18. The van der Waals surface area contributed by atoms with Crippen LogP contribution in [0, 0.1) is 0 Å². The molecule has 1 nitrogen and oxygen atoms in total. The third-order valence-electron chi connectivity index (χ3n) is 12.0. The minimum atomic E-state index is -0.0974. The largest absolute Gasteiger partial charge is 0.310 e. The van der Waals surface area contributed by atoms with E-state index in [4.69, 9.17) is 0 Å². The molecule has 0 aromatic heterocycles. The van der Waals surface area contributed by atoms with Crippen LogP contribution in [0.1, 0.15) is 49.9 Å². The molecule has 2 aliphatic rings. The summed E-state index contributed by atoms with van der Waals surface area (Å²) in [5.74, 6) is 0. The predicted molar refractivity (Wildman–Crippen MR) is 225 cm³/mol. The first-order valence-corrected chi connectivity index (χ1v) is 18.8. The SMILES string of the molecule is CC1(C)c2ccccc2-c2c(N(c3ccc(-c4cc5ccccc5c5c4-c4ccccc4C5(C)C)cc3)c3cccc(-c4ccccc4)c3)cccc21.